The van der Waals surface area contributed by atoms with Crippen LogP contribution in [0.4, 0.5) is 8.78 Å². The van der Waals surface area contributed by atoms with Crippen molar-refractivity contribution in [1.82, 2.24) is 25.4 Å². The zero-order valence-corrected chi connectivity index (χ0v) is 21.6. The fourth-order valence-electron chi connectivity index (χ4n) is 3.84. The lowest BCUT2D eigenvalue weighted by Gasteiger charge is -2.17. The quantitative estimate of drug-likeness (QED) is 0.249. The van der Waals surface area contributed by atoms with Gasteiger partial charge in [0.1, 0.15) is 0 Å². The van der Waals surface area contributed by atoms with Crippen molar-refractivity contribution in [2.45, 2.75) is 36.6 Å². The van der Waals surface area contributed by atoms with Gasteiger partial charge in [-0.2, -0.15) is 5.10 Å². The largest absolute Gasteiger partial charge is 0.346 e. The summed E-state index contributed by atoms with van der Waals surface area (Å²) >= 11 is 1.39. The molecule has 2 aromatic heterocycles. The van der Waals surface area contributed by atoms with E-state index in [1.165, 1.54) is 17.3 Å². The van der Waals surface area contributed by atoms with E-state index in [0.29, 0.717) is 10.5 Å². The average Bonchev–Trinajstić information content (AvgIpc) is 3.32. The number of alkyl halides is 2. The molecule has 0 spiro atoms. The van der Waals surface area contributed by atoms with E-state index in [-0.39, 0.29) is 0 Å². The van der Waals surface area contributed by atoms with E-state index in [9.17, 15) is 13.6 Å². The van der Waals surface area contributed by atoms with Crippen LogP contribution in [0.3, 0.4) is 0 Å². The lowest BCUT2D eigenvalue weighted by atomic mass is 10.2. The molecule has 0 aliphatic carbocycles. The Morgan fingerprint density at radius 1 is 1.11 bits per heavy atom. The van der Waals surface area contributed by atoms with Crippen LogP contribution in [0.15, 0.2) is 70.6 Å². The number of carbonyl (C=O) groups is 1. The van der Waals surface area contributed by atoms with E-state index >= 15 is 0 Å². The maximum atomic E-state index is 12.5. The van der Waals surface area contributed by atoms with Crippen molar-refractivity contribution in [1.29, 1.82) is 0 Å². The fourth-order valence-corrected chi connectivity index (χ4v) is 4.83. The van der Waals surface area contributed by atoms with Crippen LogP contribution in [-0.4, -0.2) is 52.0 Å². The van der Waals surface area contributed by atoms with Crippen LogP contribution in [0.5, 0.6) is 0 Å². The number of aromatic nitrogens is 3. The molecular weight excluding hydrogens is 492 g/mol. The van der Waals surface area contributed by atoms with E-state index in [4.69, 9.17) is 0 Å². The van der Waals surface area contributed by atoms with Crippen molar-refractivity contribution in [2.75, 3.05) is 19.6 Å². The van der Waals surface area contributed by atoms with Gasteiger partial charge in [-0.25, -0.2) is 8.78 Å². The van der Waals surface area contributed by atoms with Crippen LogP contribution in [0.2, 0.25) is 0 Å². The molecule has 0 saturated carbocycles. The molecule has 6 nitrogen and oxygen atoms in total. The van der Waals surface area contributed by atoms with Crippen molar-refractivity contribution < 1.29 is 13.6 Å². The molecule has 0 saturated heterocycles. The number of fused-ring (bicyclic) bond motifs is 1. The van der Waals surface area contributed by atoms with Crippen LogP contribution in [0.25, 0.3) is 23.1 Å². The highest BCUT2D eigenvalue weighted by molar-refractivity contribution is 7.99. The predicted molar refractivity (Wildman–Crippen MR) is 145 cm³/mol. The predicted octanol–water partition coefficient (Wildman–Crippen LogP) is 6.12. The standard InChI is InChI=1S/C28H29F2N5OS/c1-3-35(4-2)18-19-9-10-20(31-16-19)11-14-24-22-13-12-21(15-25(22)34-33-24)37-26-8-6-5-7-23(26)28(36)32-17-27(29)30/h5-16,27H,3-4,17-18H2,1-2H3,(H,32,36)(H,33,34)/b14-11+. The maximum Gasteiger partial charge on any atom is 0.255 e. The number of H-pyrrole nitrogens is 1. The van der Waals surface area contributed by atoms with Gasteiger partial charge in [-0.05, 0) is 67.2 Å². The third-order valence-corrected chi connectivity index (χ3v) is 6.97. The smallest absolute Gasteiger partial charge is 0.255 e. The summed E-state index contributed by atoms with van der Waals surface area (Å²) < 4.78 is 25.0. The lowest BCUT2D eigenvalue weighted by molar-refractivity contribution is 0.0889. The number of nitrogens with zero attached hydrogens (tertiary/aromatic N) is 3. The third kappa shape index (κ3) is 7.02. The number of hydrogen-bond acceptors (Lipinski definition) is 5. The Balaban J connectivity index is 1.46. The highest BCUT2D eigenvalue weighted by Crippen LogP contribution is 2.33. The summed E-state index contributed by atoms with van der Waals surface area (Å²) in [4.78, 5) is 20.8. The minimum atomic E-state index is -2.59. The normalized spacial score (nSPS) is 11.7. The van der Waals surface area contributed by atoms with Gasteiger partial charge >= 0.3 is 0 Å². The van der Waals surface area contributed by atoms with Gasteiger partial charge in [0.05, 0.1) is 29.0 Å². The summed E-state index contributed by atoms with van der Waals surface area (Å²) in [5.74, 6) is -0.520. The molecule has 0 radical (unpaired) electrons. The molecule has 0 fully saturated rings. The Kier molecular flexibility index (Phi) is 9.03. The fraction of sp³-hybridized carbons (Fsp3) is 0.250. The molecule has 4 aromatic rings. The third-order valence-electron chi connectivity index (χ3n) is 5.90. The Morgan fingerprint density at radius 2 is 1.92 bits per heavy atom. The number of carbonyl (C=O) groups excluding carboxylic acids is 1. The first-order valence-electron chi connectivity index (χ1n) is 12.1. The van der Waals surface area contributed by atoms with Crippen molar-refractivity contribution in [2.24, 2.45) is 0 Å². The Bertz CT molecular complexity index is 1370. The first-order valence-corrected chi connectivity index (χ1v) is 12.9. The second-order valence-electron chi connectivity index (χ2n) is 8.40. The monoisotopic (exact) mass is 521 g/mol. The van der Waals surface area contributed by atoms with Gasteiger partial charge in [-0.15, -0.1) is 0 Å². The number of halogens is 2. The number of hydrogen-bond donors (Lipinski definition) is 2. The zero-order valence-electron chi connectivity index (χ0n) is 20.7. The Labute approximate surface area is 219 Å². The Hall–Kier alpha value is -3.56. The molecule has 9 heteroatoms. The lowest BCUT2D eigenvalue weighted by Crippen LogP contribution is -2.28. The van der Waals surface area contributed by atoms with Crippen LogP contribution in [-0.2, 0) is 6.54 Å². The van der Waals surface area contributed by atoms with Crippen LogP contribution < -0.4 is 5.32 Å². The molecule has 37 heavy (non-hydrogen) atoms. The van der Waals surface area contributed by atoms with Gasteiger partial charge in [-0.1, -0.05) is 43.8 Å². The van der Waals surface area contributed by atoms with E-state index in [1.54, 1.807) is 18.2 Å². The molecule has 0 aliphatic heterocycles. The van der Waals surface area contributed by atoms with Gasteiger partial charge in [0, 0.05) is 27.9 Å². The number of aromatic amines is 1. The van der Waals surface area contributed by atoms with E-state index < -0.39 is 18.9 Å². The number of nitrogens with one attached hydrogen (secondary N) is 2. The van der Waals surface area contributed by atoms with Crippen LogP contribution >= 0.6 is 11.8 Å². The average molecular weight is 522 g/mol. The van der Waals surface area contributed by atoms with Crippen LogP contribution in [0.1, 0.15) is 41.2 Å². The zero-order chi connectivity index (χ0) is 26.2. The highest BCUT2D eigenvalue weighted by Gasteiger charge is 2.14. The van der Waals surface area contributed by atoms with Crippen molar-refractivity contribution in [3.8, 4) is 0 Å². The molecule has 1 amide bonds. The molecule has 2 heterocycles. The SMILES string of the molecule is CCN(CC)Cc1ccc(/C=C/c2n[nH]c3cc(Sc4ccccc4C(=O)NCC(F)F)ccc23)nc1. The topological polar surface area (TPSA) is 73.9 Å². The molecule has 0 bridgehead atoms. The van der Waals surface area contributed by atoms with E-state index in [0.717, 1.165) is 46.8 Å². The summed E-state index contributed by atoms with van der Waals surface area (Å²) in [6.07, 6.45) is 3.19. The first-order chi connectivity index (χ1) is 18.0. The van der Waals surface area contributed by atoms with Gasteiger partial charge < -0.3 is 5.32 Å². The van der Waals surface area contributed by atoms with Gasteiger partial charge in [0.25, 0.3) is 12.3 Å². The van der Waals surface area contributed by atoms with Gasteiger partial charge in [-0.3, -0.25) is 19.8 Å². The van der Waals surface area contributed by atoms with E-state index in [2.05, 4.69) is 45.3 Å². The van der Waals surface area contributed by atoms with Gasteiger partial charge in [0.2, 0.25) is 0 Å². The van der Waals surface area contributed by atoms with Crippen molar-refractivity contribution in [3.05, 3.63) is 83.3 Å². The number of rotatable bonds is 11. The van der Waals surface area contributed by atoms with Crippen LogP contribution in [0, 0.1) is 0 Å². The van der Waals surface area contributed by atoms with E-state index in [1.807, 2.05) is 48.7 Å². The molecule has 0 unspecified atom stereocenters. The second-order valence-corrected chi connectivity index (χ2v) is 9.52. The maximum absolute atomic E-state index is 12.5. The summed E-state index contributed by atoms with van der Waals surface area (Å²) in [6.45, 7) is 6.54. The summed E-state index contributed by atoms with van der Waals surface area (Å²) in [5, 5.41) is 10.7. The Morgan fingerprint density at radius 3 is 2.65 bits per heavy atom. The molecule has 2 N–H and O–H groups in total. The van der Waals surface area contributed by atoms with Crippen molar-refractivity contribution in [3.63, 3.8) is 0 Å². The minimum absolute atomic E-state index is 0.358. The van der Waals surface area contributed by atoms with Gasteiger partial charge in [0.15, 0.2) is 0 Å². The molecule has 0 atom stereocenters. The first kappa shape index (κ1) is 26.5. The number of amides is 1. The second kappa shape index (κ2) is 12.6. The number of benzene rings is 2. The number of pyridine rings is 1. The molecule has 0 aliphatic rings. The molecule has 192 valence electrons. The summed E-state index contributed by atoms with van der Waals surface area (Å²) in [5.41, 5.74) is 4.05. The highest BCUT2D eigenvalue weighted by atomic mass is 32.2. The molecule has 4 rings (SSSR count). The summed E-state index contributed by atoms with van der Waals surface area (Å²) in [7, 11) is 0. The summed E-state index contributed by atoms with van der Waals surface area (Å²) in [6, 6.07) is 16.9. The minimum Gasteiger partial charge on any atom is -0.346 e. The molecular formula is C28H29F2N5OS. The van der Waals surface area contributed by atoms with Crippen molar-refractivity contribution >= 4 is 40.7 Å². The molecule has 2 aromatic carbocycles.